The third-order valence-electron chi connectivity index (χ3n) is 2.30. The number of thioether (sulfide) groups is 1. The van der Waals surface area contributed by atoms with Crippen LogP contribution in [0.3, 0.4) is 0 Å². The summed E-state index contributed by atoms with van der Waals surface area (Å²) in [7, 11) is 1.34. The molecule has 3 nitrogen and oxygen atoms in total. The molecule has 0 saturated carbocycles. The standard InChI is InChI=1S/C11H14ClNO2S/c1-4-7-5-6-8(11(14)15-2)9(12)13-10(7)16-3/h6H,4-5H2,1-3H3. The zero-order chi connectivity index (χ0) is 12.1. The van der Waals surface area contributed by atoms with Crippen LogP contribution in [-0.4, -0.2) is 24.5 Å². The van der Waals surface area contributed by atoms with E-state index in [0.717, 1.165) is 11.4 Å². The number of ether oxygens (including phenoxy) is 1. The van der Waals surface area contributed by atoms with E-state index in [-0.39, 0.29) is 5.17 Å². The minimum Gasteiger partial charge on any atom is -0.465 e. The van der Waals surface area contributed by atoms with E-state index in [0.29, 0.717) is 12.0 Å². The SMILES string of the molecule is CCC1=C(SC)N=C(Cl)C(C(=O)OC)=CC1. The van der Waals surface area contributed by atoms with Gasteiger partial charge in [-0.05, 0) is 24.7 Å². The molecule has 0 aromatic carbocycles. The molecule has 0 atom stereocenters. The van der Waals surface area contributed by atoms with E-state index in [1.807, 2.05) is 6.26 Å². The quantitative estimate of drug-likeness (QED) is 0.731. The van der Waals surface area contributed by atoms with E-state index in [4.69, 9.17) is 11.6 Å². The lowest BCUT2D eigenvalue weighted by molar-refractivity contribution is -0.135. The number of halogens is 1. The second-order valence-corrected chi connectivity index (χ2v) is 4.34. The van der Waals surface area contributed by atoms with Crippen molar-refractivity contribution in [2.75, 3.05) is 13.4 Å². The van der Waals surface area contributed by atoms with Crippen molar-refractivity contribution in [2.45, 2.75) is 19.8 Å². The highest BCUT2D eigenvalue weighted by molar-refractivity contribution is 8.02. The van der Waals surface area contributed by atoms with Gasteiger partial charge in [0.25, 0.3) is 0 Å². The van der Waals surface area contributed by atoms with Crippen LogP contribution in [0.15, 0.2) is 27.2 Å². The molecule has 88 valence electrons. The first-order valence-electron chi connectivity index (χ1n) is 4.93. The number of carbonyl (C=O) groups is 1. The largest absolute Gasteiger partial charge is 0.465 e. The second-order valence-electron chi connectivity index (χ2n) is 3.18. The summed E-state index contributed by atoms with van der Waals surface area (Å²) in [6, 6.07) is 0. The number of nitrogens with zero attached hydrogens (tertiary/aromatic N) is 1. The first-order valence-corrected chi connectivity index (χ1v) is 6.53. The third-order valence-corrected chi connectivity index (χ3v) is 3.36. The Morgan fingerprint density at radius 3 is 2.88 bits per heavy atom. The van der Waals surface area contributed by atoms with Gasteiger partial charge in [0.2, 0.25) is 0 Å². The summed E-state index contributed by atoms with van der Waals surface area (Å²) in [6.45, 7) is 2.06. The maximum absolute atomic E-state index is 11.4. The van der Waals surface area contributed by atoms with E-state index in [1.165, 1.54) is 24.4 Å². The summed E-state index contributed by atoms with van der Waals surface area (Å²) in [5, 5.41) is 1.10. The molecule has 0 radical (unpaired) electrons. The van der Waals surface area contributed by atoms with Crippen LogP contribution in [0.1, 0.15) is 19.8 Å². The van der Waals surface area contributed by atoms with Crippen LogP contribution in [-0.2, 0) is 9.53 Å². The highest BCUT2D eigenvalue weighted by atomic mass is 35.5. The van der Waals surface area contributed by atoms with Gasteiger partial charge in [0.05, 0.1) is 17.7 Å². The first-order chi connectivity index (χ1) is 7.63. The average molecular weight is 260 g/mol. The molecular weight excluding hydrogens is 246 g/mol. The predicted molar refractivity (Wildman–Crippen MR) is 68.8 cm³/mol. The third kappa shape index (κ3) is 2.89. The molecule has 0 saturated heterocycles. The summed E-state index contributed by atoms with van der Waals surface area (Å²) < 4.78 is 4.66. The Labute approximate surface area is 105 Å². The summed E-state index contributed by atoms with van der Waals surface area (Å²) in [5.41, 5.74) is 1.53. The molecule has 0 spiro atoms. The van der Waals surface area contributed by atoms with Crippen molar-refractivity contribution >= 4 is 34.5 Å². The lowest BCUT2D eigenvalue weighted by Gasteiger charge is -2.03. The number of methoxy groups -OCH3 is 1. The molecule has 16 heavy (non-hydrogen) atoms. The molecule has 0 fully saturated rings. The normalized spacial score (nSPS) is 16.5. The molecule has 0 aliphatic carbocycles. The maximum atomic E-state index is 11.4. The number of hydrogen-bond donors (Lipinski definition) is 0. The molecule has 1 rings (SSSR count). The van der Waals surface area contributed by atoms with Gasteiger partial charge in [-0.15, -0.1) is 11.8 Å². The van der Waals surface area contributed by atoms with E-state index >= 15 is 0 Å². The van der Waals surface area contributed by atoms with Gasteiger partial charge in [0, 0.05) is 0 Å². The van der Waals surface area contributed by atoms with Crippen LogP contribution < -0.4 is 0 Å². The summed E-state index contributed by atoms with van der Waals surface area (Å²) >= 11 is 7.53. The highest BCUT2D eigenvalue weighted by Crippen LogP contribution is 2.28. The maximum Gasteiger partial charge on any atom is 0.340 e. The number of hydrogen-bond acceptors (Lipinski definition) is 4. The van der Waals surface area contributed by atoms with Crippen molar-refractivity contribution in [2.24, 2.45) is 4.99 Å². The Bertz CT molecular complexity index is 385. The highest BCUT2D eigenvalue weighted by Gasteiger charge is 2.19. The van der Waals surface area contributed by atoms with E-state index in [9.17, 15) is 4.79 Å². The molecule has 0 N–H and O–H groups in total. The lowest BCUT2D eigenvalue weighted by Crippen LogP contribution is -2.10. The Kier molecular flexibility index (Phi) is 5.09. The first kappa shape index (κ1) is 13.3. The smallest absolute Gasteiger partial charge is 0.340 e. The second kappa shape index (κ2) is 6.11. The molecule has 1 aliphatic rings. The number of aliphatic imine (C=N–C) groups is 1. The predicted octanol–water partition coefficient (Wildman–Crippen LogP) is 3.11. The molecule has 0 unspecified atom stereocenters. The van der Waals surface area contributed by atoms with Crippen LogP contribution >= 0.6 is 23.4 Å². The summed E-state index contributed by atoms with van der Waals surface area (Å²) in [6.07, 6.45) is 5.31. The molecular formula is C11H14ClNO2S. The monoisotopic (exact) mass is 259 g/mol. The Balaban J connectivity index is 3.09. The van der Waals surface area contributed by atoms with Gasteiger partial charge in [-0.25, -0.2) is 9.79 Å². The number of rotatable bonds is 3. The van der Waals surface area contributed by atoms with E-state index in [1.54, 1.807) is 6.08 Å². The minimum atomic E-state index is -0.438. The van der Waals surface area contributed by atoms with Crippen molar-refractivity contribution in [3.8, 4) is 0 Å². The lowest BCUT2D eigenvalue weighted by atomic mass is 10.1. The van der Waals surface area contributed by atoms with Crippen molar-refractivity contribution in [3.63, 3.8) is 0 Å². The van der Waals surface area contributed by atoms with Gasteiger partial charge in [-0.2, -0.15) is 0 Å². The van der Waals surface area contributed by atoms with Gasteiger partial charge < -0.3 is 4.74 Å². The Hall–Kier alpha value is -0.740. The van der Waals surface area contributed by atoms with E-state index < -0.39 is 5.97 Å². The number of allylic oxidation sites excluding steroid dienone is 2. The van der Waals surface area contributed by atoms with Crippen LogP contribution in [0, 0.1) is 0 Å². The minimum absolute atomic E-state index is 0.208. The molecule has 0 aromatic heterocycles. The molecule has 5 heteroatoms. The number of esters is 1. The number of carbonyl (C=O) groups excluding carboxylic acids is 1. The van der Waals surface area contributed by atoms with Crippen molar-refractivity contribution in [3.05, 3.63) is 22.3 Å². The molecule has 1 aliphatic heterocycles. The van der Waals surface area contributed by atoms with Gasteiger partial charge in [0.1, 0.15) is 5.17 Å². The molecule has 0 amide bonds. The fraction of sp³-hybridized carbons (Fsp3) is 0.455. The zero-order valence-corrected chi connectivity index (χ0v) is 11.1. The average Bonchev–Trinajstić information content (AvgIpc) is 2.46. The molecule has 0 bridgehead atoms. The van der Waals surface area contributed by atoms with Gasteiger partial charge >= 0.3 is 5.97 Å². The van der Waals surface area contributed by atoms with Gasteiger partial charge in [-0.1, -0.05) is 24.6 Å². The van der Waals surface area contributed by atoms with Gasteiger partial charge in [0.15, 0.2) is 0 Å². The van der Waals surface area contributed by atoms with Crippen molar-refractivity contribution in [1.82, 2.24) is 0 Å². The van der Waals surface area contributed by atoms with Gasteiger partial charge in [-0.3, -0.25) is 0 Å². The molecule has 0 aromatic rings. The zero-order valence-electron chi connectivity index (χ0n) is 9.54. The van der Waals surface area contributed by atoms with Crippen LogP contribution in [0.4, 0.5) is 0 Å². The Morgan fingerprint density at radius 2 is 2.38 bits per heavy atom. The Morgan fingerprint density at radius 1 is 1.69 bits per heavy atom. The fourth-order valence-electron chi connectivity index (χ4n) is 1.39. The summed E-state index contributed by atoms with van der Waals surface area (Å²) in [4.78, 5) is 15.7. The van der Waals surface area contributed by atoms with Crippen LogP contribution in [0.25, 0.3) is 0 Å². The topological polar surface area (TPSA) is 38.7 Å². The van der Waals surface area contributed by atoms with Crippen LogP contribution in [0.5, 0.6) is 0 Å². The van der Waals surface area contributed by atoms with Crippen LogP contribution in [0.2, 0.25) is 0 Å². The summed E-state index contributed by atoms with van der Waals surface area (Å²) in [5.74, 6) is -0.438. The van der Waals surface area contributed by atoms with Crippen molar-refractivity contribution in [1.29, 1.82) is 0 Å². The van der Waals surface area contributed by atoms with E-state index in [2.05, 4.69) is 16.7 Å². The fourth-order valence-corrected chi connectivity index (χ4v) is 2.38. The molecule has 1 heterocycles. The van der Waals surface area contributed by atoms with Crippen molar-refractivity contribution < 1.29 is 9.53 Å².